The topological polar surface area (TPSA) is 78.8 Å². The molecule has 2 aromatic heterocycles. The van der Waals surface area contributed by atoms with Crippen LogP contribution in [0.2, 0.25) is 0 Å². The van der Waals surface area contributed by atoms with Crippen molar-refractivity contribution < 1.29 is 13.2 Å². The van der Waals surface area contributed by atoms with Crippen molar-refractivity contribution in [1.29, 1.82) is 0 Å². The average molecular weight is 448 g/mol. The number of carbonyl (C=O) groups is 1. The van der Waals surface area contributed by atoms with Gasteiger partial charge in [0.1, 0.15) is 10.0 Å². The lowest BCUT2D eigenvalue weighted by Crippen LogP contribution is -2.48. The minimum absolute atomic E-state index is 0.0489. The number of fused-ring (bicyclic) bond motifs is 1. The van der Waals surface area contributed by atoms with Crippen LogP contribution in [0.25, 0.3) is 11.0 Å². The van der Waals surface area contributed by atoms with Gasteiger partial charge in [0.05, 0.1) is 17.6 Å². The summed E-state index contributed by atoms with van der Waals surface area (Å²) in [6, 6.07) is 8.99. The van der Waals surface area contributed by atoms with Gasteiger partial charge in [-0.15, -0.1) is 11.3 Å². The highest BCUT2D eigenvalue weighted by atomic mass is 32.2. The first kappa shape index (κ1) is 21.0. The number of hydrogen-bond acceptors (Lipinski definition) is 6. The summed E-state index contributed by atoms with van der Waals surface area (Å²) in [7, 11) is 2.03. The van der Waals surface area contributed by atoms with Gasteiger partial charge in [-0.25, -0.2) is 13.4 Å². The van der Waals surface area contributed by atoms with Crippen molar-refractivity contribution >= 4 is 38.3 Å². The van der Waals surface area contributed by atoms with Gasteiger partial charge >= 0.3 is 0 Å². The van der Waals surface area contributed by atoms with Crippen molar-refractivity contribution in [2.75, 3.05) is 40.3 Å². The van der Waals surface area contributed by atoms with Gasteiger partial charge in [0.25, 0.3) is 15.9 Å². The van der Waals surface area contributed by atoms with E-state index in [1.54, 1.807) is 40.8 Å². The molecule has 10 heteroatoms. The van der Waals surface area contributed by atoms with E-state index in [4.69, 9.17) is 4.98 Å². The van der Waals surface area contributed by atoms with Crippen LogP contribution >= 0.6 is 11.3 Å². The van der Waals surface area contributed by atoms with Crippen molar-refractivity contribution in [3.05, 3.63) is 47.1 Å². The van der Waals surface area contributed by atoms with Gasteiger partial charge in [-0.1, -0.05) is 6.07 Å². The quantitative estimate of drug-likeness (QED) is 0.596. The molecular formula is C20H25N5O3S2. The molecule has 1 saturated heterocycles. The molecular weight excluding hydrogens is 422 g/mol. The normalized spacial score (nSPS) is 16.2. The number of thiophene rings is 1. The summed E-state index contributed by atoms with van der Waals surface area (Å²) in [5, 5.41) is 1.78. The standard InChI is InChI=1S/C20H25N5O3S2/c1-22(2)20(26)15-6-7-17-16(13-15)21-18(23(17)3)14-24-8-10-25(11-9-24)30(27,28)19-5-4-12-29-19/h4-7,12-13H,8-11,14H2,1-3H3. The number of benzene rings is 1. The molecule has 0 atom stereocenters. The zero-order valence-corrected chi connectivity index (χ0v) is 18.9. The number of rotatable bonds is 5. The molecule has 0 saturated carbocycles. The van der Waals surface area contributed by atoms with Gasteiger partial charge in [0.2, 0.25) is 0 Å². The molecule has 8 nitrogen and oxygen atoms in total. The molecule has 1 fully saturated rings. The maximum absolute atomic E-state index is 12.7. The number of sulfonamides is 1. The number of carbonyl (C=O) groups excluding carboxylic acids is 1. The van der Waals surface area contributed by atoms with Crippen LogP contribution in [0.4, 0.5) is 0 Å². The minimum Gasteiger partial charge on any atom is -0.345 e. The summed E-state index contributed by atoms with van der Waals surface area (Å²) < 4.78 is 29.4. The fraction of sp³-hybridized carbons (Fsp3) is 0.400. The molecule has 4 rings (SSSR count). The monoisotopic (exact) mass is 447 g/mol. The zero-order valence-electron chi connectivity index (χ0n) is 17.3. The van der Waals surface area contributed by atoms with Crippen molar-refractivity contribution in [2.24, 2.45) is 7.05 Å². The van der Waals surface area contributed by atoms with Crippen LogP contribution in [0.15, 0.2) is 39.9 Å². The molecule has 1 amide bonds. The highest BCUT2D eigenvalue weighted by Crippen LogP contribution is 2.23. The Labute approximate surface area is 180 Å². The predicted octanol–water partition coefficient (Wildman–Crippen LogP) is 1.84. The Morgan fingerprint density at radius 3 is 2.53 bits per heavy atom. The van der Waals surface area contributed by atoms with Crippen molar-refractivity contribution in [2.45, 2.75) is 10.8 Å². The largest absolute Gasteiger partial charge is 0.345 e. The van der Waals surface area contributed by atoms with Crippen molar-refractivity contribution in [3.8, 4) is 0 Å². The lowest BCUT2D eigenvalue weighted by Gasteiger charge is -2.33. The maximum Gasteiger partial charge on any atom is 0.253 e. The molecule has 1 aromatic carbocycles. The van der Waals surface area contributed by atoms with Gasteiger partial charge in [0.15, 0.2) is 0 Å². The second-order valence-corrected chi connectivity index (χ2v) is 10.7. The molecule has 3 heterocycles. The van der Waals surface area contributed by atoms with Crippen LogP contribution < -0.4 is 0 Å². The van der Waals surface area contributed by atoms with Crippen LogP contribution in [-0.2, 0) is 23.6 Å². The maximum atomic E-state index is 12.7. The third-order valence-corrected chi connectivity index (χ3v) is 8.68. The predicted molar refractivity (Wildman–Crippen MR) is 117 cm³/mol. The van der Waals surface area contributed by atoms with Gasteiger partial charge in [0, 0.05) is 52.9 Å². The Bertz CT molecular complexity index is 1160. The molecule has 0 aliphatic carbocycles. The smallest absolute Gasteiger partial charge is 0.253 e. The number of nitrogens with zero attached hydrogens (tertiary/aromatic N) is 5. The number of hydrogen-bond donors (Lipinski definition) is 0. The Hall–Kier alpha value is -2.27. The van der Waals surface area contributed by atoms with E-state index in [1.807, 2.05) is 29.8 Å². The van der Waals surface area contributed by atoms with E-state index >= 15 is 0 Å². The first-order chi connectivity index (χ1) is 14.3. The molecule has 0 bridgehead atoms. The second kappa shape index (κ2) is 8.10. The summed E-state index contributed by atoms with van der Waals surface area (Å²) >= 11 is 1.25. The number of piperazine rings is 1. The number of aryl methyl sites for hydroxylation is 1. The molecule has 0 N–H and O–H groups in total. The Balaban J connectivity index is 1.46. The Kier molecular flexibility index (Phi) is 5.67. The van der Waals surface area contributed by atoms with Crippen LogP contribution in [-0.4, -0.2) is 78.3 Å². The average Bonchev–Trinajstić information content (AvgIpc) is 3.37. The fourth-order valence-corrected chi connectivity index (χ4v) is 6.21. The first-order valence-corrected chi connectivity index (χ1v) is 12.0. The molecule has 1 aliphatic rings. The minimum atomic E-state index is -3.40. The highest BCUT2D eigenvalue weighted by molar-refractivity contribution is 7.91. The van der Waals surface area contributed by atoms with Gasteiger partial charge in [-0.2, -0.15) is 4.31 Å². The SMILES string of the molecule is CN(C)C(=O)c1ccc2c(c1)nc(CN1CCN(S(=O)(=O)c3cccs3)CC1)n2C. The van der Waals surface area contributed by atoms with Crippen molar-refractivity contribution in [3.63, 3.8) is 0 Å². The second-order valence-electron chi connectivity index (χ2n) is 7.60. The Morgan fingerprint density at radius 2 is 1.90 bits per heavy atom. The van der Waals surface area contributed by atoms with E-state index in [9.17, 15) is 13.2 Å². The number of aromatic nitrogens is 2. The number of imidazole rings is 1. The summed E-state index contributed by atoms with van der Waals surface area (Å²) in [6.45, 7) is 2.86. The molecule has 0 unspecified atom stereocenters. The molecule has 0 spiro atoms. The number of amides is 1. The van der Waals surface area contributed by atoms with Gasteiger partial charge in [-0.3, -0.25) is 9.69 Å². The van der Waals surface area contributed by atoms with E-state index in [1.165, 1.54) is 11.3 Å². The van der Waals surface area contributed by atoms with Gasteiger partial charge in [-0.05, 0) is 29.6 Å². The van der Waals surface area contributed by atoms with Crippen LogP contribution in [0.3, 0.4) is 0 Å². The zero-order chi connectivity index (χ0) is 21.5. The van der Waals surface area contributed by atoms with Crippen LogP contribution in [0.1, 0.15) is 16.2 Å². The lowest BCUT2D eigenvalue weighted by molar-refractivity contribution is 0.0827. The third kappa shape index (κ3) is 3.87. The summed E-state index contributed by atoms with van der Waals surface area (Å²) in [5.41, 5.74) is 2.38. The first-order valence-electron chi connectivity index (χ1n) is 9.70. The summed E-state index contributed by atoms with van der Waals surface area (Å²) in [5.74, 6) is 0.848. The molecule has 3 aromatic rings. The van der Waals surface area contributed by atoms with E-state index in [0.29, 0.717) is 42.5 Å². The lowest BCUT2D eigenvalue weighted by atomic mass is 10.2. The van der Waals surface area contributed by atoms with Crippen LogP contribution in [0, 0.1) is 0 Å². The summed E-state index contributed by atoms with van der Waals surface area (Å²) in [4.78, 5) is 20.7. The third-order valence-electron chi connectivity index (χ3n) is 5.41. The van der Waals surface area contributed by atoms with E-state index in [0.717, 1.165) is 16.9 Å². The van der Waals surface area contributed by atoms with E-state index < -0.39 is 10.0 Å². The van der Waals surface area contributed by atoms with E-state index in [-0.39, 0.29) is 5.91 Å². The van der Waals surface area contributed by atoms with Crippen LogP contribution in [0.5, 0.6) is 0 Å². The molecule has 30 heavy (non-hydrogen) atoms. The summed E-state index contributed by atoms with van der Waals surface area (Å²) in [6.07, 6.45) is 0. The fourth-order valence-electron chi connectivity index (χ4n) is 3.65. The van der Waals surface area contributed by atoms with Gasteiger partial charge < -0.3 is 9.47 Å². The Morgan fingerprint density at radius 1 is 1.17 bits per heavy atom. The van der Waals surface area contributed by atoms with E-state index in [2.05, 4.69) is 4.90 Å². The molecule has 160 valence electrons. The molecule has 1 aliphatic heterocycles. The van der Waals surface area contributed by atoms with Crippen molar-refractivity contribution in [1.82, 2.24) is 23.7 Å². The molecule has 0 radical (unpaired) electrons. The highest BCUT2D eigenvalue weighted by Gasteiger charge is 2.29.